The Kier molecular flexibility index (Phi) is 5.55. The van der Waals surface area contributed by atoms with E-state index in [1.54, 1.807) is 0 Å². The number of rotatable bonds is 6. The van der Waals surface area contributed by atoms with E-state index < -0.39 is 17.8 Å². The lowest BCUT2D eigenvalue weighted by atomic mass is 10.1. The zero-order valence-corrected chi connectivity index (χ0v) is 8.14. The maximum absolute atomic E-state index is 11.5. The molecule has 0 aromatic carbocycles. The molecule has 0 saturated carbocycles. The lowest BCUT2D eigenvalue weighted by Crippen LogP contribution is -2.39. The highest BCUT2D eigenvalue weighted by Gasteiger charge is 2.24. The third kappa shape index (κ3) is 3.57. The number of carbonyl (C=O) groups is 2. The molecule has 0 radical (unpaired) electrons. The first kappa shape index (κ1) is 12.6. The van der Waals surface area contributed by atoms with Crippen molar-refractivity contribution in [2.75, 3.05) is 19.7 Å². The first-order valence-corrected chi connectivity index (χ1v) is 4.28. The summed E-state index contributed by atoms with van der Waals surface area (Å²) >= 11 is 0. The van der Waals surface area contributed by atoms with Gasteiger partial charge in [0.1, 0.15) is 5.92 Å². The van der Waals surface area contributed by atoms with Gasteiger partial charge in [0.2, 0.25) is 5.91 Å². The van der Waals surface area contributed by atoms with E-state index in [4.69, 9.17) is 10.2 Å². The quantitative estimate of drug-likeness (QED) is 0.457. The van der Waals surface area contributed by atoms with E-state index in [2.05, 4.69) is 6.58 Å². The standard InChI is InChI=1S/C9H15NO4/c1-3-4-10(5-6-11)8(12)7(2)9(13)14/h3,7,11H,1,4-6H2,2H3,(H,13,14). The summed E-state index contributed by atoms with van der Waals surface area (Å²) < 4.78 is 0. The van der Waals surface area contributed by atoms with Crippen molar-refractivity contribution in [3.63, 3.8) is 0 Å². The third-order valence-corrected chi connectivity index (χ3v) is 1.77. The molecule has 80 valence electrons. The summed E-state index contributed by atoms with van der Waals surface area (Å²) in [6, 6.07) is 0. The predicted octanol–water partition coefficient (Wildman–Crippen LogP) is -0.286. The number of nitrogens with zero attached hydrogens (tertiary/aromatic N) is 1. The molecule has 14 heavy (non-hydrogen) atoms. The minimum Gasteiger partial charge on any atom is -0.481 e. The van der Waals surface area contributed by atoms with Crippen LogP contribution < -0.4 is 0 Å². The lowest BCUT2D eigenvalue weighted by Gasteiger charge is -2.21. The topological polar surface area (TPSA) is 77.8 Å². The van der Waals surface area contributed by atoms with Crippen LogP contribution in [0.25, 0.3) is 0 Å². The second kappa shape index (κ2) is 6.15. The fraction of sp³-hybridized carbons (Fsp3) is 0.556. The van der Waals surface area contributed by atoms with Crippen LogP contribution in [-0.2, 0) is 9.59 Å². The number of hydrogen-bond donors (Lipinski definition) is 2. The van der Waals surface area contributed by atoms with Gasteiger partial charge in [-0.2, -0.15) is 0 Å². The summed E-state index contributed by atoms with van der Waals surface area (Å²) in [7, 11) is 0. The SMILES string of the molecule is C=CCN(CCO)C(=O)C(C)C(=O)O. The Balaban J connectivity index is 4.41. The molecular formula is C9H15NO4. The summed E-state index contributed by atoms with van der Waals surface area (Å²) in [6.45, 7) is 4.95. The number of carboxylic acids is 1. The molecule has 0 rings (SSSR count). The third-order valence-electron chi connectivity index (χ3n) is 1.77. The van der Waals surface area contributed by atoms with Crippen molar-refractivity contribution in [2.45, 2.75) is 6.92 Å². The summed E-state index contributed by atoms with van der Waals surface area (Å²) in [4.78, 5) is 23.2. The monoisotopic (exact) mass is 201 g/mol. The average molecular weight is 201 g/mol. The van der Waals surface area contributed by atoms with Gasteiger partial charge >= 0.3 is 5.97 Å². The van der Waals surface area contributed by atoms with Gasteiger partial charge in [-0.05, 0) is 6.92 Å². The molecule has 5 nitrogen and oxygen atoms in total. The van der Waals surface area contributed by atoms with Gasteiger partial charge in [0.15, 0.2) is 0 Å². The lowest BCUT2D eigenvalue weighted by molar-refractivity contribution is -0.150. The second-order valence-corrected chi connectivity index (χ2v) is 2.86. The number of aliphatic hydroxyl groups is 1. The number of carbonyl (C=O) groups excluding carboxylic acids is 1. The Hall–Kier alpha value is -1.36. The number of aliphatic hydroxyl groups excluding tert-OH is 1. The molecule has 0 fully saturated rings. The number of carboxylic acid groups (broad SMARTS) is 1. The van der Waals surface area contributed by atoms with Crippen molar-refractivity contribution in [3.8, 4) is 0 Å². The van der Waals surface area contributed by atoms with Crippen molar-refractivity contribution in [3.05, 3.63) is 12.7 Å². The molecule has 0 aliphatic heterocycles. The van der Waals surface area contributed by atoms with Gasteiger partial charge in [0.25, 0.3) is 0 Å². The Morgan fingerprint density at radius 1 is 1.57 bits per heavy atom. The minimum absolute atomic E-state index is 0.127. The van der Waals surface area contributed by atoms with Crippen LogP contribution in [0.1, 0.15) is 6.92 Å². The molecule has 0 spiro atoms. The second-order valence-electron chi connectivity index (χ2n) is 2.86. The number of amides is 1. The molecule has 1 amide bonds. The van der Waals surface area contributed by atoms with Gasteiger partial charge < -0.3 is 15.1 Å². The summed E-state index contributed by atoms with van der Waals surface area (Å²) in [5, 5.41) is 17.3. The van der Waals surface area contributed by atoms with E-state index in [0.717, 1.165) is 0 Å². The van der Waals surface area contributed by atoms with Crippen molar-refractivity contribution < 1.29 is 19.8 Å². The molecule has 0 aromatic rings. The van der Waals surface area contributed by atoms with Crippen molar-refractivity contribution in [1.29, 1.82) is 0 Å². The Morgan fingerprint density at radius 3 is 2.50 bits per heavy atom. The molecule has 0 bridgehead atoms. The van der Waals surface area contributed by atoms with E-state index in [-0.39, 0.29) is 19.7 Å². The van der Waals surface area contributed by atoms with Crippen LogP contribution in [0, 0.1) is 5.92 Å². The highest BCUT2D eigenvalue weighted by atomic mass is 16.4. The van der Waals surface area contributed by atoms with Crippen molar-refractivity contribution in [2.24, 2.45) is 5.92 Å². The zero-order valence-electron chi connectivity index (χ0n) is 8.14. The van der Waals surface area contributed by atoms with Crippen LogP contribution >= 0.6 is 0 Å². The molecule has 0 aliphatic carbocycles. The van der Waals surface area contributed by atoms with Crippen LogP contribution in [0.2, 0.25) is 0 Å². The smallest absolute Gasteiger partial charge is 0.315 e. The maximum atomic E-state index is 11.5. The van der Waals surface area contributed by atoms with E-state index in [1.165, 1.54) is 17.9 Å². The predicted molar refractivity (Wildman–Crippen MR) is 50.7 cm³/mol. The van der Waals surface area contributed by atoms with Crippen molar-refractivity contribution in [1.82, 2.24) is 4.90 Å². The Morgan fingerprint density at radius 2 is 2.14 bits per heavy atom. The molecule has 1 atom stereocenters. The molecule has 2 N–H and O–H groups in total. The number of hydrogen-bond acceptors (Lipinski definition) is 3. The highest BCUT2D eigenvalue weighted by molar-refractivity contribution is 5.96. The summed E-state index contributed by atoms with van der Waals surface area (Å²) in [5.41, 5.74) is 0. The molecule has 5 heteroatoms. The van der Waals surface area contributed by atoms with Crippen LogP contribution in [0.4, 0.5) is 0 Å². The van der Waals surface area contributed by atoms with Gasteiger partial charge in [-0.25, -0.2) is 0 Å². The minimum atomic E-state index is -1.16. The van der Waals surface area contributed by atoms with Crippen LogP contribution in [-0.4, -0.2) is 46.7 Å². The van der Waals surface area contributed by atoms with Gasteiger partial charge in [0.05, 0.1) is 6.61 Å². The Bertz CT molecular complexity index is 227. The molecule has 0 aromatic heterocycles. The fourth-order valence-corrected chi connectivity index (χ4v) is 0.947. The largest absolute Gasteiger partial charge is 0.481 e. The van der Waals surface area contributed by atoms with Gasteiger partial charge in [0, 0.05) is 13.1 Å². The first-order valence-electron chi connectivity index (χ1n) is 4.28. The van der Waals surface area contributed by atoms with E-state index in [0.29, 0.717) is 0 Å². The number of aliphatic carboxylic acids is 1. The van der Waals surface area contributed by atoms with Gasteiger partial charge in [-0.1, -0.05) is 6.08 Å². The van der Waals surface area contributed by atoms with Gasteiger partial charge in [-0.3, -0.25) is 9.59 Å². The van der Waals surface area contributed by atoms with Gasteiger partial charge in [-0.15, -0.1) is 6.58 Å². The normalized spacial score (nSPS) is 11.9. The molecule has 0 saturated heterocycles. The highest BCUT2D eigenvalue weighted by Crippen LogP contribution is 2.02. The van der Waals surface area contributed by atoms with E-state index in [9.17, 15) is 9.59 Å². The average Bonchev–Trinajstić information content (AvgIpc) is 2.15. The molecule has 0 heterocycles. The molecule has 0 aliphatic rings. The van der Waals surface area contributed by atoms with E-state index in [1.807, 2.05) is 0 Å². The van der Waals surface area contributed by atoms with Crippen LogP contribution in [0.5, 0.6) is 0 Å². The first-order chi connectivity index (χ1) is 6.54. The molecular weight excluding hydrogens is 186 g/mol. The zero-order chi connectivity index (χ0) is 11.1. The van der Waals surface area contributed by atoms with E-state index >= 15 is 0 Å². The van der Waals surface area contributed by atoms with Crippen LogP contribution in [0.3, 0.4) is 0 Å². The fourth-order valence-electron chi connectivity index (χ4n) is 0.947. The van der Waals surface area contributed by atoms with Crippen molar-refractivity contribution >= 4 is 11.9 Å². The van der Waals surface area contributed by atoms with Crippen LogP contribution in [0.15, 0.2) is 12.7 Å². The molecule has 1 unspecified atom stereocenters. The Labute approximate surface area is 82.6 Å². The summed E-state index contributed by atoms with van der Waals surface area (Å²) in [6.07, 6.45) is 1.49. The summed E-state index contributed by atoms with van der Waals surface area (Å²) in [5.74, 6) is -2.75. The maximum Gasteiger partial charge on any atom is 0.315 e.